The maximum atomic E-state index is 12.1. The number of hydrogen-bond acceptors (Lipinski definition) is 4. The van der Waals surface area contributed by atoms with Crippen LogP contribution in [0.5, 0.6) is 5.75 Å². The molecule has 31 heavy (non-hydrogen) atoms. The van der Waals surface area contributed by atoms with E-state index in [9.17, 15) is 4.79 Å². The second kappa shape index (κ2) is 7.79. The van der Waals surface area contributed by atoms with E-state index in [1.54, 1.807) is 7.11 Å². The summed E-state index contributed by atoms with van der Waals surface area (Å²) < 4.78 is 6.23. The number of carbonyl (C=O) groups is 1. The fraction of sp³-hybridized carbons (Fsp3) is 0.385. The Bertz CT molecular complexity index is 1130. The summed E-state index contributed by atoms with van der Waals surface area (Å²) in [6, 6.07) is 10.8. The van der Waals surface area contributed by atoms with Crippen molar-refractivity contribution in [3.63, 3.8) is 0 Å². The Morgan fingerprint density at radius 1 is 1.03 bits per heavy atom. The molecule has 1 aliphatic carbocycles. The summed E-state index contributed by atoms with van der Waals surface area (Å²) in [5.41, 5.74) is 7.60. The van der Waals surface area contributed by atoms with E-state index >= 15 is 0 Å². The number of ether oxygens (including phenoxy) is 1. The average molecular weight is 452 g/mol. The molecule has 0 aromatic heterocycles. The first-order valence-electron chi connectivity index (χ1n) is 10.6. The molecule has 0 radical (unpaired) electrons. The lowest BCUT2D eigenvalue weighted by molar-refractivity contribution is -0.115. The van der Waals surface area contributed by atoms with E-state index in [4.69, 9.17) is 17.0 Å². The molecule has 2 aromatic rings. The van der Waals surface area contributed by atoms with Gasteiger partial charge in [-0.2, -0.15) is 0 Å². The predicted molar refractivity (Wildman–Crippen MR) is 135 cm³/mol. The minimum Gasteiger partial charge on any atom is -0.496 e. The molecule has 4 rings (SSSR count). The topological polar surface area (TPSA) is 38.3 Å². The molecule has 2 aliphatic rings. The van der Waals surface area contributed by atoms with Crippen LogP contribution in [0.1, 0.15) is 62.8 Å². The SMILES string of the molecule is COc1ccc(/C=C2/SC(=S)NC2=O)cc1-c1cc2c(cc1C)C(C)(C)CCC2(C)C. The van der Waals surface area contributed by atoms with Gasteiger partial charge in [0, 0.05) is 5.56 Å². The van der Waals surface area contributed by atoms with Crippen molar-refractivity contribution in [2.24, 2.45) is 0 Å². The van der Waals surface area contributed by atoms with Crippen LogP contribution in [0.15, 0.2) is 35.2 Å². The summed E-state index contributed by atoms with van der Waals surface area (Å²) in [5.74, 6) is 0.693. The minimum absolute atomic E-state index is 0.133. The molecule has 5 heteroatoms. The molecule has 0 spiro atoms. The smallest absolute Gasteiger partial charge is 0.263 e. The number of rotatable bonds is 3. The van der Waals surface area contributed by atoms with Crippen molar-refractivity contribution in [3.8, 4) is 16.9 Å². The number of aryl methyl sites for hydroxylation is 1. The highest BCUT2D eigenvalue weighted by Gasteiger charge is 2.37. The van der Waals surface area contributed by atoms with Crippen LogP contribution in [0.4, 0.5) is 0 Å². The summed E-state index contributed by atoms with van der Waals surface area (Å²) in [5, 5.41) is 2.68. The van der Waals surface area contributed by atoms with E-state index in [0.717, 1.165) is 16.9 Å². The molecule has 1 heterocycles. The summed E-state index contributed by atoms with van der Waals surface area (Å²) >= 11 is 6.42. The molecular formula is C26H29NO2S2. The minimum atomic E-state index is -0.138. The number of carbonyl (C=O) groups excluding carboxylic acids is 1. The van der Waals surface area contributed by atoms with Gasteiger partial charge in [-0.05, 0) is 82.7 Å². The number of methoxy groups -OCH3 is 1. The molecule has 0 saturated carbocycles. The Kier molecular flexibility index (Phi) is 5.55. The molecule has 1 amide bonds. The first-order valence-corrected chi connectivity index (χ1v) is 11.8. The molecule has 0 atom stereocenters. The van der Waals surface area contributed by atoms with E-state index < -0.39 is 0 Å². The van der Waals surface area contributed by atoms with Gasteiger partial charge in [-0.1, -0.05) is 63.8 Å². The van der Waals surface area contributed by atoms with Crippen LogP contribution >= 0.6 is 24.0 Å². The highest BCUT2D eigenvalue weighted by Crippen LogP contribution is 2.48. The monoisotopic (exact) mass is 451 g/mol. The first kappa shape index (κ1) is 22.1. The summed E-state index contributed by atoms with van der Waals surface area (Å²) in [6.07, 6.45) is 4.26. The van der Waals surface area contributed by atoms with Gasteiger partial charge in [0.05, 0.1) is 12.0 Å². The van der Waals surface area contributed by atoms with E-state index in [-0.39, 0.29) is 16.7 Å². The van der Waals surface area contributed by atoms with Gasteiger partial charge in [0.25, 0.3) is 5.91 Å². The van der Waals surface area contributed by atoms with Crippen molar-refractivity contribution in [2.45, 2.75) is 58.3 Å². The molecule has 1 fully saturated rings. The Labute approximate surface area is 194 Å². The number of fused-ring (bicyclic) bond motifs is 1. The van der Waals surface area contributed by atoms with Gasteiger partial charge >= 0.3 is 0 Å². The zero-order valence-corrected chi connectivity index (χ0v) is 20.6. The van der Waals surface area contributed by atoms with Gasteiger partial charge in [0.15, 0.2) is 0 Å². The number of thioether (sulfide) groups is 1. The summed E-state index contributed by atoms with van der Waals surface area (Å²) in [6.45, 7) is 11.6. The molecule has 1 saturated heterocycles. The van der Waals surface area contributed by atoms with Crippen molar-refractivity contribution in [1.82, 2.24) is 5.32 Å². The van der Waals surface area contributed by atoms with Gasteiger partial charge in [0.1, 0.15) is 10.1 Å². The molecule has 162 valence electrons. The van der Waals surface area contributed by atoms with Crippen molar-refractivity contribution in [1.29, 1.82) is 0 Å². The van der Waals surface area contributed by atoms with Crippen LogP contribution in [-0.2, 0) is 15.6 Å². The van der Waals surface area contributed by atoms with Crippen LogP contribution in [0.25, 0.3) is 17.2 Å². The van der Waals surface area contributed by atoms with Gasteiger partial charge < -0.3 is 10.1 Å². The van der Waals surface area contributed by atoms with Crippen molar-refractivity contribution >= 4 is 40.3 Å². The Morgan fingerprint density at radius 2 is 1.68 bits per heavy atom. The largest absolute Gasteiger partial charge is 0.496 e. The summed E-state index contributed by atoms with van der Waals surface area (Å²) in [4.78, 5) is 12.7. The van der Waals surface area contributed by atoms with Gasteiger partial charge in [-0.3, -0.25) is 4.79 Å². The quantitative estimate of drug-likeness (QED) is 0.426. The van der Waals surface area contributed by atoms with Crippen molar-refractivity contribution in [3.05, 3.63) is 57.5 Å². The number of hydrogen-bond donors (Lipinski definition) is 1. The first-order chi connectivity index (χ1) is 14.5. The van der Waals surface area contributed by atoms with E-state index in [1.807, 2.05) is 18.2 Å². The van der Waals surface area contributed by atoms with Crippen molar-refractivity contribution in [2.75, 3.05) is 7.11 Å². The number of benzene rings is 2. The number of thiocarbonyl (C=S) groups is 1. The normalized spacial score (nSPS) is 20.5. The molecular weight excluding hydrogens is 422 g/mol. The third kappa shape index (κ3) is 4.06. The van der Waals surface area contributed by atoms with E-state index in [1.165, 1.54) is 46.9 Å². The molecule has 0 bridgehead atoms. The lowest BCUT2D eigenvalue weighted by Gasteiger charge is -2.42. The highest BCUT2D eigenvalue weighted by atomic mass is 32.2. The Balaban J connectivity index is 1.87. The maximum absolute atomic E-state index is 12.1. The molecule has 0 unspecified atom stereocenters. The maximum Gasteiger partial charge on any atom is 0.263 e. The standard InChI is InChI=1S/C26H29NO2S2/c1-15-11-19-20(26(4,5)10-9-25(19,2)3)14-17(15)18-12-16(7-8-21(18)29-6)13-22-23(28)27-24(30)31-22/h7-8,11-14H,9-10H2,1-6H3,(H,27,28,30)/b22-13+. The Morgan fingerprint density at radius 3 is 2.26 bits per heavy atom. The van der Waals surface area contributed by atoms with Crippen LogP contribution in [0.3, 0.4) is 0 Å². The highest BCUT2D eigenvalue weighted by molar-refractivity contribution is 8.26. The fourth-order valence-electron chi connectivity index (χ4n) is 4.61. The van der Waals surface area contributed by atoms with Crippen LogP contribution < -0.4 is 10.1 Å². The van der Waals surface area contributed by atoms with Crippen LogP contribution in [-0.4, -0.2) is 17.3 Å². The van der Waals surface area contributed by atoms with Crippen LogP contribution in [0, 0.1) is 6.92 Å². The summed E-state index contributed by atoms with van der Waals surface area (Å²) in [7, 11) is 1.70. The molecule has 2 aromatic carbocycles. The lowest BCUT2D eigenvalue weighted by Crippen LogP contribution is -2.34. The third-order valence-electron chi connectivity index (χ3n) is 6.65. The predicted octanol–water partition coefficient (Wildman–Crippen LogP) is 6.51. The van der Waals surface area contributed by atoms with Crippen molar-refractivity contribution < 1.29 is 9.53 Å². The van der Waals surface area contributed by atoms with E-state index in [0.29, 0.717) is 9.23 Å². The second-order valence-electron chi connectivity index (χ2n) is 9.79. The zero-order chi connectivity index (χ0) is 22.6. The lowest BCUT2D eigenvalue weighted by atomic mass is 9.62. The Hall–Kier alpha value is -2.11. The fourth-order valence-corrected chi connectivity index (χ4v) is 5.65. The molecule has 1 aliphatic heterocycles. The molecule has 1 N–H and O–H groups in total. The van der Waals surface area contributed by atoms with Gasteiger partial charge in [0.2, 0.25) is 0 Å². The van der Waals surface area contributed by atoms with Crippen LogP contribution in [0.2, 0.25) is 0 Å². The zero-order valence-electron chi connectivity index (χ0n) is 19.0. The number of amides is 1. The van der Waals surface area contributed by atoms with E-state index in [2.05, 4.69) is 58.1 Å². The van der Waals surface area contributed by atoms with Gasteiger partial charge in [-0.25, -0.2) is 0 Å². The average Bonchev–Trinajstić information content (AvgIpc) is 3.02. The number of nitrogens with one attached hydrogen (secondary N) is 1. The molecule has 3 nitrogen and oxygen atoms in total. The third-order valence-corrected chi connectivity index (χ3v) is 7.81. The van der Waals surface area contributed by atoms with Gasteiger partial charge in [-0.15, -0.1) is 0 Å². The second-order valence-corrected chi connectivity index (χ2v) is 11.5.